The lowest BCUT2D eigenvalue weighted by Gasteiger charge is -2.16. The number of nitrogens with zero attached hydrogens (tertiary/aromatic N) is 1. The van der Waals surface area contributed by atoms with Crippen LogP contribution in [-0.2, 0) is 0 Å². The molecule has 0 aromatic heterocycles. The molecular formula is C10H11F2NO3. The Morgan fingerprint density at radius 3 is 2.25 bits per heavy atom. The maximum absolute atomic E-state index is 12.0. The highest BCUT2D eigenvalue weighted by atomic mass is 19.3. The molecule has 0 spiro atoms. The van der Waals surface area contributed by atoms with Gasteiger partial charge in [0.2, 0.25) is 0 Å². The Balaban J connectivity index is 2.87. The topological polar surface area (TPSA) is 60.8 Å². The maximum atomic E-state index is 12.0. The Morgan fingerprint density at radius 1 is 1.31 bits per heavy atom. The minimum atomic E-state index is -2.63. The molecule has 0 radical (unpaired) electrons. The minimum absolute atomic E-state index is 0.0411. The van der Waals surface area contributed by atoms with Crippen LogP contribution in [0, 0.1) is 0 Å². The Morgan fingerprint density at radius 2 is 1.81 bits per heavy atom. The summed E-state index contributed by atoms with van der Waals surface area (Å²) in [6.07, 6.45) is -2.63. The van der Waals surface area contributed by atoms with Crippen molar-refractivity contribution in [3.63, 3.8) is 0 Å². The summed E-state index contributed by atoms with van der Waals surface area (Å²) in [5.41, 5.74) is -0.0411. The van der Waals surface area contributed by atoms with Crippen LogP contribution >= 0.6 is 0 Å². The van der Waals surface area contributed by atoms with Crippen LogP contribution in [0.3, 0.4) is 0 Å². The lowest BCUT2D eigenvalue weighted by molar-refractivity contribution is 0.0619. The molecule has 16 heavy (non-hydrogen) atoms. The van der Waals surface area contributed by atoms with Gasteiger partial charge in [0.05, 0.1) is 6.54 Å². The number of carbonyl (C=O) groups excluding carboxylic acids is 1. The van der Waals surface area contributed by atoms with Crippen molar-refractivity contribution in [3.8, 4) is 11.5 Å². The molecule has 0 saturated heterocycles. The van der Waals surface area contributed by atoms with Gasteiger partial charge in [-0.1, -0.05) is 0 Å². The summed E-state index contributed by atoms with van der Waals surface area (Å²) in [4.78, 5) is 12.4. The number of alkyl halides is 2. The average Bonchev–Trinajstić information content (AvgIpc) is 2.13. The van der Waals surface area contributed by atoms with E-state index in [-0.39, 0.29) is 17.1 Å². The second-order valence-electron chi connectivity index (χ2n) is 3.31. The zero-order valence-corrected chi connectivity index (χ0v) is 8.52. The van der Waals surface area contributed by atoms with Crippen LogP contribution in [0.1, 0.15) is 10.4 Å². The SMILES string of the molecule is CN(CC(F)F)C(=O)c1cc(O)cc(O)c1. The average molecular weight is 231 g/mol. The van der Waals surface area contributed by atoms with Gasteiger partial charge in [-0.25, -0.2) is 8.78 Å². The van der Waals surface area contributed by atoms with E-state index >= 15 is 0 Å². The number of phenolic OH excluding ortho intramolecular Hbond substituents is 2. The normalized spacial score (nSPS) is 10.5. The third-order valence-electron chi connectivity index (χ3n) is 1.91. The first kappa shape index (κ1) is 12.2. The first-order valence-electron chi connectivity index (χ1n) is 4.47. The Kier molecular flexibility index (Phi) is 3.65. The third-order valence-corrected chi connectivity index (χ3v) is 1.91. The van der Waals surface area contributed by atoms with Gasteiger partial charge in [-0.05, 0) is 12.1 Å². The number of hydrogen-bond donors (Lipinski definition) is 2. The van der Waals surface area contributed by atoms with Gasteiger partial charge in [-0.15, -0.1) is 0 Å². The standard InChI is InChI=1S/C10H11F2NO3/c1-13(5-9(11)12)10(16)6-2-7(14)4-8(15)3-6/h2-4,9,14-15H,5H2,1H3. The predicted octanol–water partition coefficient (Wildman–Crippen LogP) is 1.43. The predicted molar refractivity (Wildman–Crippen MR) is 52.7 cm³/mol. The van der Waals surface area contributed by atoms with Crippen LogP contribution in [-0.4, -0.2) is 41.0 Å². The van der Waals surface area contributed by atoms with Gasteiger partial charge in [0, 0.05) is 18.7 Å². The highest BCUT2D eigenvalue weighted by Gasteiger charge is 2.16. The molecule has 0 aliphatic rings. The number of benzene rings is 1. The first-order chi connectivity index (χ1) is 7.40. The second-order valence-corrected chi connectivity index (χ2v) is 3.31. The number of hydrogen-bond acceptors (Lipinski definition) is 3. The molecule has 0 fully saturated rings. The largest absolute Gasteiger partial charge is 0.508 e. The summed E-state index contributed by atoms with van der Waals surface area (Å²) in [5, 5.41) is 18.3. The van der Waals surface area contributed by atoms with Crippen LogP contribution in [0.4, 0.5) is 8.78 Å². The van der Waals surface area contributed by atoms with Crippen LogP contribution in [0.15, 0.2) is 18.2 Å². The van der Waals surface area contributed by atoms with Crippen molar-refractivity contribution in [2.45, 2.75) is 6.43 Å². The monoisotopic (exact) mass is 231 g/mol. The van der Waals surface area contributed by atoms with Crippen molar-refractivity contribution in [2.24, 2.45) is 0 Å². The second kappa shape index (κ2) is 4.78. The van der Waals surface area contributed by atoms with E-state index in [2.05, 4.69) is 0 Å². The fourth-order valence-corrected chi connectivity index (χ4v) is 1.23. The maximum Gasteiger partial charge on any atom is 0.255 e. The molecule has 6 heteroatoms. The van der Waals surface area contributed by atoms with Crippen LogP contribution < -0.4 is 0 Å². The van der Waals surface area contributed by atoms with Crippen molar-refractivity contribution in [3.05, 3.63) is 23.8 Å². The molecule has 1 amide bonds. The lowest BCUT2D eigenvalue weighted by atomic mass is 10.2. The zero-order chi connectivity index (χ0) is 12.3. The summed E-state index contributed by atoms with van der Waals surface area (Å²) in [5.74, 6) is -1.28. The van der Waals surface area contributed by atoms with Gasteiger partial charge in [-0.3, -0.25) is 4.79 Å². The van der Waals surface area contributed by atoms with Crippen LogP contribution in [0.25, 0.3) is 0 Å². The van der Waals surface area contributed by atoms with E-state index in [0.717, 1.165) is 23.1 Å². The molecular weight excluding hydrogens is 220 g/mol. The van der Waals surface area contributed by atoms with E-state index < -0.39 is 18.9 Å². The molecule has 0 atom stereocenters. The lowest BCUT2D eigenvalue weighted by Crippen LogP contribution is -2.31. The third kappa shape index (κ3) is 3.08. The molecule has 88 valence electrons. The molecule has 0 heterocycles. The summed E-state index contributed by atoms with van der Waals surface area (Å²) in [6, 6.07) is 3.25. The first-order valence-corrected chi connectivity index (χ1v) is 4.47. The van der Waals surface area contributed by atoms with Gasteiger partial charge in [0.25, 0.3) is 12.3 Å². The van der Waals surface area contributed by atoms with Gasteiger partial charge in [0.1, 0.15) is 11.5 Å². The minimum Gasteiger partial charge on any atom is -0.508 e. The summed E-state index contributed by atoms with van der Waals surface area (Å²) in [7, 11) is 1.22. The van der Waals surface area contributed by atoms with Crippen molar-refractivity contribution in [1.29, 1.82) is 0 Å². The van der Waals surface area contributed by atoms with E-state index in [1.54, 1.807) is 0 Å². The van der Waals surface area contributed by atoms with E-state index in [4.69, 9.17) is 10.2 Å². The molecule has 1 rings (SSSR count). The summed E-state index contributed by atoms with van der Waals surface area (Å²) in [6.45, 7) is -0.699. The molecule has 0 unspecified atom stereocenters. The molecule has 0 saturated carbocycles. The van der Waals surface area contributed by atoms with Crippen molar-refractivity contribution in [1.82, 2.24) is 4.90 Å². The van der Waals surface area contributed by atoms with Gasteiger partial charge in [0.15, 0.2) is 0 Å². The number of phenols is 2. The smallest absolute Gasteiger partial charge is 0.255 e. The van der Waals surface area contributed by atoms with Crippen LogP contribution in [0.2, 0.25) is 0 Å². The highest BCUT2D eigenvalue weighted by Crippen LogP contribution is 2.21. The molecule has 4 nitrogen and oxygen atoms in total. The molecule has 1 aromatic carbocycles. The van der Waals surface area contributed by atoms with Crippen molar-refractivity contribution >= 4 is 5.91 Å². The Hall–Kier alpha value is -1.85. The quantitative estimate of drug-likeness (QED) is 0.827. The van der Waals surface area contributed by atoms with E-state index in [1.807, 2.05) is 0 Å². The molecule has 1 aromatic rings. The summed E-state index contributed by atoms with van der Waals surface area (Å²) >= 11 is 0. The molecule has 2 N–H and O–H groups in total. The Bertz CT molecular complexity index is 375. The fourth-order valence-electron chi connectivity index (χ4n) is 1.23. The van der Waals surface area contributed by atoms with Crippen molar-refractivity contribution in [2.75, 3.05) is 13.6 Å². The Labute approximate surface area is 90.7 Å². The summed E-state index contributed by atoms with van der Waals surface area (Å²) < 4.78 is 24.1. The molecule has 0 aliphatic carbocycles. The van der Waals surface area contributed by atoms with Crippen LogP contribution in [0.5, 0.6) is 11.5 Å². The van der Waals surface area contributed by atoms with E-state index in [9.17, 15) is 13.6 Å². The number of aromatic hydroxyl groups is 2. The molecule has 0 bridgehead atoms. The zero-order valence-electron chi connectivity index (χ0n) is 8.52. The number of rotatable bonds is 3. The number of amides is 1. The van der Waals surface area contributed by atoms with Gasteiger partial charge < -0.3 is 15.1 Å². The van der Waals surface area contributed by atoms with Gasteiger partial charge >= 0.3 is 0 Å². The fraction of sp³-hybridized carbons (Fsp3) is 0.300. The van der Waals surface area contributed by atoms with Crippen molar-refractivity contribution < 1.29 is 23.8 Å². The highest BCUT2D eigenvalue weighted by molar-refractivity contribution is 5.94. The molecule has 0 aliphatic heterocycles. The van der Waals surface area contributed by atoms with E-state index in [1.165, 1.54) is 7.05 Å². The number of carbonyl (C=O) groups is 1. The van der Waals surface area contributed by atoms with E-state index in [0.29, 0.717) is 0 Å². The number of halogens is 2. The van der Waals surface area contributed by atoms with Gasteiger partial charge in [-0.2, -0.15) is 0 Å².